The number of nitrogens with one attached hydrogen (secondary N) is 2. The van der Waals surface area contributed by atoms with Crippen LogP contribution in [0.4, 0.5) is 0 Å². The Labute approximate surface area is 188 Å². The summed E-state index contributed by atoms with van der Waals surface area (Å²) in [7, 11) is 0. The average molecular weight is 435 g/mol. The lowest BCUT2D eigenvalue weighted by Crippen LogP contribution is -2.49. The summed E-state index contributed by atoms with van der Waals surface area (Å²) in [5, 5.41) is 5.72. The Balaban J connectivity index is 1.43. The second-order valence-corrected chi connectivity index (χ2v) is 9.28. The van der Waals surface area contributed by atoms with Crippen LogP contribution < -0.4 is 15.4 Å². The van der Waals surface area contributed by atoms with Crippen LogP contribution in [0.2, 0.25) is 0 Å². The van der Waals surface area contributed by atoms with Crippen LogP contribution in [0.1, 0.15) is 62.1 Å². The minimum Gasteiger partial charge on any atom is -0.487 e. The van der Waals surface area contributed by atoms with E-state index in [-0.39, 0.29) is 30.0 Å². The minimum atomic E-state index is -0.329. The summed E-state index contributed by atoms with van der Waals surface area (Å²) in [6, 6.07) is 14.9. The van der Waals surface area contributed by atoms with Crippen LogP contribution in [0.5, 0.6) is 5.75 Å². The zero-order chi connectivity index (χ0) is 22.1. The molecule has 1 atom stereocenters. The highest BCUT2D eigenvalue weighted by atomic mass is 16.5. The summed E-state index contributed by atoms with van der Waals surface area (Å²) in [5.74, 6) is 1.14. The van der Waals surface area contributed by atoms with E-state index < -0.39 is 0 Å². The van der Waals surface area contributed by atoms with Gasteiger partial charge < -0.3 is 20.1 Å². The van der Waals surface area contributed by atoms with Gasteiger partial charge >= 0.3 is 0 Å². The number of rotatable bonds is 5. The van der Waals surface area contributed by atoms with Gasteiger partial charge in [-0.25, -0.2) is 0 Å². The second-order valence-electron chi connectivity index (χ2n) is 9.28. The molecule has 2 fully saturated rings. The molecule has 6 heteroatoms. The number of carbonyl (C=O) groups is 2. The largest absolute Gasteiger partial charge is 0.487 e. The SMILES string of the molecule is CC(=O)NCC(=O)NC1CC2(CCOCC2)Oc2ccc(-c3ccc(C4CC4)cc3)cc21. The maximum Gasteiger partial charge on any atom is 0.239 e. The van der Waals surface area contributed by atoms with E-state index in [1.54, 1.807) is 0 Å². The van der Waals surface area contributed by atoms with Gasteiger partial charge in [-0.1, -0.05) is 30.3 Å². The lowest BCUT2D eigenvalue weighted by molar-refractivity contribution is -0.126. The molecule has 2 N–H and O–H groups in total. The van der Waals surface area contributed by atoms with Gasteiger partial charge in [-0.05, 0) is 47.6 Å². The number of hydrogen-bond donors (Lipinski definition) is 2. The first-order valence-corrected chi connectivity index (χ1v) is 11.6. The topological polar surface area (TPSA) is 76.7 Å². The quantitative estimate of drug-likeness (QED) is 0.749. The summed E-state index contributed by atoms with van der Waals surface area (Å²) in [6.07, 6.45) is 4.88. The summed E-state index contributed by atoms with van der Waals surface area (Å²) in [5.41, 5.74) is 4.34. The summed E-state index contributed by atoms with van der Waals surface area (Å²) in [6.45, 7) is 2.70. The lowest BCUT2D eigenvalue weighted by Gasteiger charge is -2.44. The van der Waals surface area contributed by atoms with Crippen LogP contribution in [-0.4, -0.2) is 37.2 Å². The van der Waals surface area contributed by atoms with Crippen molar-refractivity contribution in [2.45, 2.75) is 56.6 Å². The van der Waals surface area contributed by atoms with E-state index in [4.69, 9.17) is 9.47 Å². The molecule has 1 aliphatic carbocycles. The van der Waals surface area contributed by atoms with E-state index in [0.717, 1.165) is 41.2 Å². The van der Waals surface area contributed by atoms with Crippen molar-refractivity contribution in [2.75, 3.05) is 19.8 Å². The molecule has 2 amide bonds. The number of fused-ring (bicyclic) bond motifs is 1. The van der Waals surface area contributed by atoms with Gasteiger partial charge in [0, 0.05) is 31.7 Å². The third kappa shape index (κ3) is 4.51. The normalized spacial score (nSPS) is 21.3. The minimum absolute atomic E-state index is 0.0273. The van der Waals surface area contributed by atoms with E-state index in [9.17, 15) is 9.59 Å². The first-order valence-electron chi connectivity index (χ1n) is 11.6. The molecule has 1 spiro atoms. The van der Waals surface area contributed by atoms with Gasteiger partial charge in [0.2, 0.25) is 11.8 Å². The van der Waals surface area contributed by atoms with Crippen molar-refractivity contribution < 1.29 is 19.1 Å². The molecular weight excluding hydrogens is 404 g/mol. The Morgan fingerprint density at radius 1 is 1.03 bits per heavy atom. The molecule has 32 heavy (non-hydrogen) atoms. The number of carbonyl (C=O) groups excluding carboxylic acids is 2. The second kappa shape index (κ2) is 8.58. The summed E-state index contributed by atoms with van der Waals surface area (Å²) in [4.78, 5) is 23.8. The summed E-state index contributed by atoms with van der Waals surface area (Å²) < 4.78 is 12.1. The molecule has 6 nitrogen and oxygen atoms in total. The average Bonchev–Trinajstić information content (AvgIpc) is 3.64. The first kappa shape index (κ1) is 21.0. The Morgan fingerprint density at radius 2 is 1.75 bits per heavy atom. The molecule has 168 valence electrons. The molecule has 2 heterocycles. The Kier molecular flexibility index (Phi) is 5.64. The van der Waals surface area contributed by atoms with E-state index in [0.29, 0.717) is 19.6 Å². The van der Waals surface area contributed by atoms with Crippen molar-refractivity contribution in [3.8, 4) is 16.9 Å². The Hall–Kier alpha value is -2.86. The van der Waals surface area contributed by atoms with E-state index >= 15 is 0 Å². The van der Waals surface area contributed by atoms with Gasteiger partial charge in [0.1, 0.15) is 11.4 Å². The van der Waals surface area contributed by atoms with Gasteiger partial charge in [-0.3, -0.25) is 9.59 Å². The predicted octanol–water partition coefficient (Wildman–Crippen LogP) is 3.86. The Bertz CT molecular complexity index is 1010. The molecule has 2 aromatic rings. The van der Waals surface area contributed by atoms with Gasteiger partial charge in [-0.15, -0.1) is 0 Å². The van der Waals surface area contributed by atoms with Gasteiger partial charge in [-0.2, -0.15) is 0 Å². The van der Waals surface area contributed by atoms with Crippen molar-refractivity contribution in [2.24, 2.45) is 0 Å². The molecule has 2 aliphatic heterocycles. The molecule has 1 unspecified atom stereocenters. The molecule has 1 saturated carbocycles. The van der Waals surface area contributed by atoms with Gasteiger partial charge in [0.15, 0.2) is 0 Å². The van der Waals surface area contributed by atoms with Crippen LogP contribution >= 0.6 is 0 Å². The number of amides is 2. The molecule has 0 aromatic heterocycles. The molecule has 2 aromatic carbocycles. The molecule has 5 rings (SSSR count). The molecular formula is C26H30N2O4. The number of hydrogen-bond acceptors (Lipinski definition) is 4. The van der Waals surface area contributed by atoms with Crippen molar-refractivity contribution in [1.82, 2.24) is 10.6 Å². The third-order valence-corrected chi connectivity index (χ3v) is 6.82. The predicted molar refractivity (Wildman–Crippen MR) is 121 cm³/mol. The lowest BCUT2D eigenvalue weighted by atomic mass is 9.81. The number of benzene rings is 2. The van der Waals surface area contributed by atoms with Gasteiger partial charge in [0.25, 0.3) is 0 Å². The maximum absolute atomic E-state index is 12.6. The zero-order valence-electron chi connectivity index (χ0n) is 18.5. The standard InChI is InChI=1S/C26H30N2O4/c1-17(29)27-16-25(30)28-23-15-26(10-12-31-13-11-26)32-24-9-8-21(14-22(23)24)20-6-4-19(5-7-20)18-2-3-18/h4-9,14,18,23H,2-3,10-13,15-16H2,1H3,(H,27,29)(H,28,30). The fraction of sp³-hybridized carbons (Fsp3) is 0.462. The van der Waals surface area contributed by atoms with Crippen LogP contribution in [0.3, 0.4) is 0 Å². The number of ether oxygens (including phenoxy) is 2. The zero-order valence-corrected chi connectivity index (χ0v) is 18.5. The monoisotopic (exact) mass is 434 g/mol. The fourth-order valence-corrected chi connectivity index (χ4v) is 4.84. The molecule has 3 aliphatic rings. The van der Waals surface area contributed by atoms with Gasteiger partial charge in [0.05, 0.1) is 25.8 Å². The Morgan fingerprint density at radius 3 is 2.44 bits per heavy atom. The van der Waals surface area contributed by atoms with E-state index in [1.165, 1.54) is 25.3 Å². The highest BCUT2D eigenvalue weighted by Gasteiger charge is 2.42. The molecule has 0 bridgehead atoms. The maximum atomic E-state index is 12.6. The molecule has 1 saturated heterocycles. The van der Waals surface area contributed by atoms with Crippen molar-refractivity contribution in [3.63, 3.8) is 0 Å². The molecule has 0 radical (unpaired) electrons. The first-order chi connectivity index (χ1) is 15.5. The van der Waals surface area contributed by atoms with E-state index in [2.05, 4.69) is 47.0 Å². The van der Waals surface area contributed by atoms with E-state index in [1.807, 2.05) is 6.07 Å². The van der Waals surface area contributed by atoms with Crippen LogP contribution in [-0.2, 0) is 14.3 Å². The van der Waals surface area contributed by atoms with Crippen molar-refractivity contribution in [3.05, 3.63) is 53.6 Å². The van der Waals surface area contributed by atoms with Crippen LogP contribution in [0, 0.1) is 0 Å². The smallest absolute Gasteiger partial charge is 0.239 e. The van der Waals surface area contributed by atoms with Crippen LogP contribution in [0.25, 0.3) is 11.1 Å². The highest BCUT2D eigenvalue weighted by Crippen LogP contribution is 2.45. The third-order valence-electron chi connectivity index (χ3n) is 6.82. The summed E-state index contributed by atoms with van der Waals surface area (Å²) >= 11 is 0. The van der Waals surface area contributed by atoms with Crippen molar-refractivity contribution >= 4 is 11.8 Å². The van der Waals surface area contributed by atoms with Crippen molar-refractivity contribution in [1.29, 1.82) is 0 Å². The highest BCUT2D eigenvalue weighted by molar-refractivity contribution is 5.84. The fourth-order valence-electron chi connectivity index (χ4n) is 4.84. The van der Waals surface area contributed by atoms with Crippen LogP contribution in [0.15, 0.2) is 42.5 Å².